The molecule has 0 saturated carbocycles. The minimum Gasteiger partial charge on any atom is -0.338 e. The van der Waals surface area contributed by atoms with Gasteiger partial charge in [-0.15, -0.1) is 0 Å². The molecule has 1 N–H and O–H groups in total. The van der Waals surface area contributed by atoms with Crippen molar-refractivity contribution in [3.63, 3.8) is 0 Å². The fourth-order valence-electron chi connectivity index (χ4n) is 3.60. The first kappa shape index (κ1) is 17.2. The molecule has 0 bridgehead atoms. The van der Waals surface area contributed by atoms with Gasteiger partial charge in [-0.05, 0) is 36.6 Å². The lowest BCUT2D eigenvalue weighted by Gasteiger charge is -2.32. The van der Waals surface area contributed by atoms with E-state index >= 15 is 0 Å². The smallest absolute Gasteiger partial charge is 0.255 e. The third kappa shape index (κ3) is 3.81. The minimum atomic E-state index is -0.207. The summed E-state index contributed by atoms with van der Waals surface area (Å²) in [6.07, 6.45) is 10.8. The van der Waals surface area contributed by atoms with Crippen LogP contribution in [0.25, 0.3) is 0 Å². The van der Waals surface area contributed by atoms with E-state index in [0.29, 0.717) is 12.1 Å². The van der Waals surface area contributed by atoms with Crippen molar-refractivity contribution in [3.8, 4) is 0 Å². The lowest BCUT2D eigenvalue weighted by atomic mass is 9.96. The molecular formula is C20H21N5O2. The van der Waals surface area contributed by atoms with Crippen LogP contribution in [0.4, 0.5) is 0 Å². The number of likely N-dealkylation sites (tertiary alicyclic amines) is 1. The fraction of sp³-hybridized carbons (Fsp3) is 0.300. The summed E-state index contributed by atoms with van der Waals surface area (Å²) >= 11 is 0. The largest absolute Gasteiger partial charge is 0.338 e. The number of aromatic amines is 1. The first-order chi connectivity index (χ1) is 13.2. The van der Waals surface area contributed by atoms with Crippen LogP contribution >= 0.6 is 0 Å². The molecule has 138 valence electrons. The van der Waals surface area contributed by atoms with Crippen molar-refractivity contribution in [2.45, 2.75) is 25.3 Å². The van der Waals surface area contributed by atoms with Gasteiger partial charge in [0.15, 0.2) is 0 Å². The Labute approximate surface area is 156 Å². The van der Waals surface area contributed by atoms with Gasteiger partial charge in [-0.25, -0.2) is 4.98 Å². The van der Waals surface area contributed by atoms with Crippen LogP contribution in [0.5, 0.6) is 0 Å². The van der Waals surface area contributed by atoms with Gasteiger partial charge in [0.1, 0.15) is 5.82 Å². The standard InChI is InChI=1S/C20H21N5O2/c26-18-4-3-16(12-23-18)20(27)25-10-1-2-17(14-25)19-22-9-11-24(19)13-15-5-7-21-8-6-15/h3-9,11-12,17H,1-2,10,13-14H2,(H,23,26)/t17-/m1/s1. The number of H-pyrrole nitrogens is 1. The van der Waals surface area contributed by atoms with Crippen LogP contribution in [0.3, 0.4) is 0 Å². The number of piperidine rings is 1. The Balaban J connectivity index is 1.50. The van der Waals surface area contributed by atoms with Gasteiger partial charge < -0.3 is 14.5 Å². The van der Waals surface area contributed by atoms with Crippen molar-refractivity contribution in [1.82, 2.24) is 24.4 Å². The highest BCUT2D eigenvalue weighted by molar-refractivity contribution is 5.93. The Morgan fingerprint density at radius 3 is 2.81 bits per heavy atom. The predicted molar refractivity (Wildman–Crippen MR) is 101 cm³/mol. The first-order valence-corrected chi connectivity index (χ1v) is 9.08. The van der Waals surface area contributed by atoms with Crippen molar-refractivity contribution >= 4 is 5.91 Å². The monoisotopic (exact) mass is 363 g/mol. The van der Waals surface area contributed by atoms with Gasteiger partial charge >= 0.3 is 0 Å². The summed E-state index contributed by atoms with van der Waals surface area (Å²) in [4.78, 5) is 37.1. The Bertz CT molecular complexity index is 959. The number of aromatic nitrogens is 4. The molecule has 7 heteroatoms. The van der Waals surface area contributed by atoms with Crippen LogP contribution in [-0.2, 0) is 6.54 Å². The van der Waals surface area contributed by atoms with Crippen molar-refractivity contribution in [1.29, 1.82) is 0 Å². The second-order valence-corrected chi connectivity index (χ2v) is 6.80. The van der Waals surface area contributed by atoms with Crippen LogP contribution in [0.1, 0.15) is 40.5 Å². The maximum atomic E-state index is 12.8. The number of amides is 1. The quantitative estimate of drug-likeness (QED) is 0.769. The van der Waals surface area contributed by atoms with E-state index in [1.165, 1.54) is 17.8 Å². The Hall–Kier alpha value is -3.22. The van der Waals surface area contributed by atoms with E-state index in [0.717, 1.165) is 31.8 Å². The molecule has 0 spiro atoms. The average molecular weight is 363 g/mol. The fourth-order valence-corrected chi connectivity index (χ4v) is 3.60. The Kier molecular flexibility index (Phi) is 4.82. The van der Waals surface area contributed by atoms with Gasteiger partial charge in [0.2, 0.25) is 5.56 Å². The summed E-state index contributed by atoms with van der Waals surface area (Å²) in [7, 11) is 0. The molecule has 1 aliphatic rings. The molecule has 1 aliphatic heterocycles. The SMILES string of the molecule is O=C(c1ccc(=O)[nH]c1)N1CCC[C@@H](c2nccn2Cc2ccncc2)C1. The maximum absolute atomic E-state index is 12.8. The van der Waals surface area contributed by atoms with E-state index in [1.807, 2.05) is 29.4 Å². The number of rotatable bonds is 4. The number of carbonyl (C=O) groups excluding carboxylic acids is 1. The minimum absolute atomic E-state index is 0.0526. The molecule has 3 aromatic rings. The van der Waals surface area contributed by atoms with Crippen molar-refractivity contribution in [2.75, 3.05) is 13.1 Å². The van der Waals surface area contributed by atoms with Gasteiger partial charge in [0.05, 0.1) is 5.56 Å². The zero-order valence-electron chi connectivity index (χ0n) is 14.9. The first-order valence-electron chi connectivity index (χ1n) is 9.08. The van der Waals surface area contributed by atoms with E-state index in [4.69, 9.17) is 0 Å². The van der Waals surface area contributed by atoms with E-state index < -0.39 is 0 Å². The molecule has 27 heavy (non-hydrogen) atoms. The molecule has 0 aliphatic carbocycles. The molecule has 1 amide bonds. The van der Waals surface area contributed by atoms with Crippen LogP contribution in [0, 0.1) is 0 Å². The third-order valence-electron chi connectivity index (χ3n) is 4.95. The molecule has 1 fully saturated rings. The van der Waals surface area contributed by atoms with Gasteiger partial charge in [-0.1, -0.05) is 0 Å². The summed E-state index contributed by atoms with van der Waals surface area (Å²) in [5.74, 6) is 1.15. The number of nitrogens with zero attached hydrogens (tertiary/aromatic N) is 4. The van der Waals surface area contributed by atoms with E-state index in [1.54, 1.807) is 18.5 Å². The molecule has 1 atom stereocenters. The number of carbonyl (C=O) groups is 1. The summed E-state index contributed by atoms with van der Waals surface area (Å²) in [6, 6.07) is 6.96. The van der Waals surface area contributed by atoms with Crippen LogP contribution < -0.4 is 5.56 Å². The average Bonchev–Trinajstić information content (AvgIpc) is 3.17. The van der Waals surface area contributed by atoms with Gasteiger partial charge in [0.25, 0.3) is 5.91 Å². The predicted octanol–water partition coefficient (Wildman–Crippen LogP) is 2.03. The molecular weight excluding hydrogens is 342 g/mol. The molecule has 4 heterocycles. The van der Waals surface area contributed by atoms with E-state index in [9.17, 15) is 9.59 Å². The molecule has 1 saturated heterocycles. The Morgan fingerprint density at radius 2 is 2.04 bits per heavy atom. The molecule has 4 rings (SSSR count). The highest BCUT2D eigenvalue weighted by atomic mass is 16.2. The summed E-state index contributed by atoms with van der Waals surface area (Å²) in [6.45, 7) is 2.09. The Morgan fingerprint density at radius 1 is 1.19 bits per heavy atom. The number of hydrogen-bond acceptors (Lipinski definition) is 4. The van der Waals surface area contributed by atoms with Crippen molar-refractivity contribution in [3.05, 3.63) is 82.6 Å². The van der Waals surface area contributed by atoms with E-state index in [2.05, 4.69) is 19.5 Å². The zero-order chi connectivity index (χ0) is 18.6. The summed E-state index contributed by atoms with van der Waals surface area (Å²) in [5.41, 5.74) is 1.47. The highest BCUT2D eigenvalue weighted by Crippen LogP contribution is 2.27. The maximum Gasteiger partial charge on any atom is 0.255 e. The number of imidazole rings is 1. The second-order valence-electron chi connectivity index (χ2n) is 6.80. The molecule has 3 aromatic heterocycles. The van der Waals surface area contributed by atoms with Crippen LogP contribution in [0.2, 0.25) is 0 Å². The second kappa shape index (κ2) is 7.57. The topological polar surface area (TPSA) is 83.9 Å². The van der Waals surface area contributed by atoms with Gasteiger partial charge in [-0.3, -0.25) is 14.6 Å². The lowest BCUT2D eigenvalue weighted by molar-refractivity contribution is 0.0703. The van der Waals surface area contributed by atoms with Crippen LogP contribution in [-0.4, -0.2) is 43.4 Å². The normalized spacial score (nSPS) is 17.0. The van der Waals surface area contributed by atoms with E-state index in [-0.39, 0.29) is 17.4 Å². The molecule has 0 aromatic carbocycles. The number of hydrogen-bond donors (Lipinski definition) is 1. The number of nitrogens with one attached hydrogen (secondary N) is 1. The van der Waals surface area contributed by atoms with Crippen LogP contribution in [0.15, 0.2) is 60.0 Å². The zero-order valence-corrected chi connectivity index (χ0v) is 14.9. The summed E-state index contributed by atoms with van der Waals surface area (Å²) in [5, 5.41) is 0. The summed E-state index contributed by atoms with van der Waals surface area (Å²) < 4.78 is 2.15. The molecule has 0 radical (unpaired) electrons. The lowest BCUT2D eigenvalue weighted by Crippen LogP contribution is -2.40. The molecule has 0 unspecified atom stereocenters. The van der Waals surface area contributed by atoms with Crippen molar-refractivity contribution < 1.29 is 4.79 Å². The highest BCUT2D eigenvalue weighted by Gasteiger charge is 2.28. The third-order valence-corrected chi connectivity index (χ3v) is 4.95. The van der Waals surface area contributed by atoms with Gasteiger partial charge in [-0.2, -0.15) is 0 Å². The molecule has 7 nitrogen and oxygen atoms in total. The van der Waals surface area contributed by atoms with Crippen molar-refractivity contribution in [2.24, 2.45) is 0 Å². The number of pyridine rings is 2. The van der Waals surface area contributed by atoms with Gasteiger partial charge in [0, 0.05) is 62.6 Å².